The lowest BCUT2D eigenvalue weighted by atomic mass is 10.1. The van der Waals surface area contributed by atoms with Crippen molar-refractivity contribution in [2.45, 2.75) is 31.2 Å². The van der Waals surface area contributed by atoms with E-state index in [-0.39, 0.29) is 34.0 Å². The first-order chi connectivity index (χ1) is 16.6. The third-order valence-electron chi connectivity index (χ3n) is 4.76. The zero-order valence-electron chi connectivity index (χ0n) is 19.0. The molecule has 3 aromatic rings. The summed E-state index contributed by atoms with van der Waals surface area (Å²) >= 11 is 0. The molecule has 182 valence electrons. The lowest BCUT2D eigenvalue weighted by Crippen LogP contribution is -2.27. The van der Waals surface area contributed by atoms with Crippen LogP contribution in [0.25, 0.3) is 0 Å². The quantitative estimate of drug-likeness (QED) is 0.351. The number of anilines is 3. The van der Waals surface area contributed by atoms with E-state index < -0.39 is 15.8 Å². The van der Waals surface area contributed by atoms with Crippen LogP contribution in [0.1, 0.15) is 35.3 Å². The van der Waals surface area contributed by atoms with Gasteiger partial charge in [-0.05, 0) is 44.0 Å². The molecule has 0 aliphatic rings. The van der Waals surface area contributed by atoms with Gasteiger partial charge >= 0.3 is 0 Å². The van der Waals surface area contributed by atoms with Crippen molar-refractivity contribution in [3.05, 3.63) is 71.3 Å². The number of rotatable bonds is 9. The molecule has 0 atom stereocenters. The Labute approximate surface area is 202 Å². The van der Waals surface area contributed by atoms with Crippen LogP contribution in [-0.4, -0.2) is 36.9 Å². The number of carbonyl (C=O) groups is 1. The molecule has 5 N–H and O–H groups in total. The maximum Gasteiger partial charge on any atom is 0.254 e. The SMILES string of the molecule is CC(C)Nc1cc(Nc2ncc(C#N)cc2F)ncc1C(=O)NCCc1ccc(S(N)(=O)=O)cc1. The lowest BCUT2D eigenvalue weighted by Gasteiger charge is -2.16. The fourth-order valence-electron chi connectivity index (χ4n) is 3.11. The maximum atomic E-state index is 14.2. The summed E-state index contributed by atoms with van der Waals surface area (Å²) in [4.78, 5) is 20.9. The second-order valence-electron chi connectivity index (χ2n) is 7.90. The molecule has 0 fully saturated rings. The molecule has 3 rings (SSSR count). The summed E-state index contributed by atoms with van der Waals surface area (Å²) in [7, 11) is -3.76. The second-order valence-corrected chi connectivity index (χ2v) is 9.46. The Morgan fingerprint density at radius 2 is 1.89 bits per heavy atom. The van der Waals surface area contributed by atoms with Crippen LogP contribution >= 0.6 is 0 Å². The van der Waals surface area contributed by atoms with E-state index in [0.29, 0.717) is 24.2 Å². The van der Waals surface area contributed by atoms with E-state index in [4.69, 9.17) is 10.4 Å². The Morgan fingerprint density at radius 3 is 2.49 bits per heavy atom. The second kappa shape index (κ2) is 10.9. The molecule has 0 spiro atoms. The van der Waals surface area contributed by atoms with Crippen LogP contribution in [0.2, 0.25) is 0 Å². The normalized spacial score (nSPS) is 11.1. The molecule has 0 bridgehead atoms. The van der Waals surface area contributed by atoms with Crippen LogP contribution in [0.5, 0.6) is 0 Å². The van der Waals surface area contributed by atoms with Crippen LogP contribution in [0.4, 0.5) is 21.7 Å². The van der Waals surface area contributed by atoms with Gasteiger partial charge in [-0.1, -0.05) is 12.1 Å². The third-order valence-corrected chi connectivity index (χ3v) is 5.69. The highest BCUT2D eigenvalue weighted by Gasteiger charge is 2.15. The topological polar surface area (TPSA) is 163 Å². The van der Waals surface area contributed by atoms with Crippen LogP contribution < -0.4 is 21.1 Å². The van der Waals surface area contributed by atoms with Gasteiger partial charge in [-0.2, -0.15) is 5.26 Å². The summed E-state index contributed by atoms with van der Waals surface area (Å²) in [6.07, 6.45) is 3.08. The van der Waals surface area contributed by atoms with Crippen LogP contribution in [-0.2, 0) is 16.4 Å². The molecule has 0 unspecified atom stereocenters. The minimum Gasteiger partial charge on any atom is -0.382 e. The van der Waals surface area contributed by atoms with Crippen molar-refractivity contribution in [2.24, 2.45) is 5.14 Å². The summed E-state index contributed by atoms with van der Waals surface area (Å²) in [6, 6.07) is 10.5. The van der Waals surface area contributed by atoms with Crippen molar-refractivity contribution < 1.29 is 17.6 Å². The van der Waals surface area contributed by atoms with Gasteiger partial charge in [0.25, 0.3) is 5.91 Å². The Morgan fingerprint density at radius 1 is 1.17 bits per heavy atom. The standard InChI is InChI=1S/C23H24FN7O3S/c1-14(2)30-20-10-21(31-22-19(24)9-16(11-25)12-29-22)28-13-18(20)23(32)27-8-7-15-3-5-17(6-4-15)35(26,33)34/h3-6,9-10,12-14H,7-8H2,1-2H3,(H,27,32)(H2,26,33,34)(H2,28,29,30,31). The summed E-state index contributed by atoms with van der Waals surface area (Å²) in [5, 5.41) is 22.7. The fraction of sp³-hybridized carbons (Fsp3) is 0.217. The van der Waals surface area contributed by atoms with E-state index in [1.807, 2.05) is 19.9 Å². The molecule has 0 aliphatic carbocycles. The first-order valence-electron chi connectivity index (χ1n) is 10.6. The highest BCUT2D eigenvalue weighted by molar-refractivity contribution is 7.89. The van der Waals surface area contributed by atoms with Crippen LogP contribution in [0, 0.1) is 17.1 Å². The molecule has 0 aliphatic heterocycles. The number of hydrogen-bond donors (Lipinski definition) is 4. The highest BCUT2D eigenvalue weighted by atomic mass is 32.2. The number of carbonyl (C=O) groups excluding carboxylic acids is 1. The van der Waals surface area contributed by atoms with E-state index in [0.717, 1.165) is 11.6 Å². The van der Waals surface area contributed by atoms with Crippen molar-refractivity contribution in [3.8, 4) is 6.07 Å². The number of amides is 1. The van der Waals surface area contributed by atoms with Gasteiger partial charge in [0.05, 0.1) is 21.7 Å². The number of nitrogens with zero attached hydrogens (tertiary/aromatic N) is 3. The number of aromatic nitrogens is 2. The Balaban J connectivity index is 1.70. The molecule has 0 saturated heterocycles. The van der Waals surface area contributed by atoms with Gasteiger partial charge < -0.3 is 16.0 Å². The van der Waals surface area contributed by atoms with Gasteiger partial charge in [0.15, 0.2) is 11.6 Å². The highest BCUT2D eigenvalue weighted by Crippen LogP contribution is 2.23. The predicted molar refractivity (Wildman–Crippen MR) is 129 cm³/mol. The number of pyridine rings is 2. The number of benzene rings is 1. The van der Waals surface area contributed by atoms with Crippen molar-refractivity contribution in [2.75, 3.05) is 17.2 Å². The van der Waals surface area contributed by atoms with Gasteiger partial charge in [-0.3, -0.25) is 4.79 Å². The van der Waals surface area contributed by atoms with Gasteiger partial charge in [0, 0.05) is 31.0 Å². The number of nitriles is 1. The van der Waals surface area contributed by atoms with Crippen LogP contribution in [0.3, 0.4) is 0 Å². The molecule has 2 aromatic heterocycles. The average Bonchev–Trinajstić information content (AvgIpc) is 2.80. The van der Waals surface area contributed by atoms with Crippen molar-refractivity contribution in [1.82, 2.24) is 15.3 Å². The monoisotopic (exact) mass is 497 g/mol. The predicted octanol–water partition coefficient (Wildman–Crippen LogP) is 2.67. The molecule has 0 radical (unpaired) electrons. The Bertz CT molecular complexity index is 1370. The minimum absolute atomic E-state index is 0.00101. The van der Waals surface area contributed by atoms with Gasteiger partial charge in [0.2, 0.25) is 10.0 Å². The minimum atomic E-state index is -3.76. The van der Waals surface area contributed by atoms with Gasteiger partial charge in [0.1, 0.15) is 11.9 Å². The summed E-state index contributed by atoms with van der Waals surface area (Å²) in [6.45, 7) is 4.11. The fourth-order valence-corrected chi connectivity index (χ4v) is 3.62. The van der Waals surface area contributed by atoms with Gasteiger partial charge in [-0.15, -0.1) is 0 Å². The van der Waals surface area contributed by atoms with Crippen LogP contribution in [0.15, 0.2) is 53.7 Å². The number of halogens is 1. The molecule has 10 nitrogen and oxygen atoms in total. The van der Waals surface area contributed by atoms with Crippen molar-refractivity contribution >= 4 is 33.3 Å². The first kappa shape index (κ1) is 25.5. The van der Waals surface area contributed by atoms with E-state index >= 15 is 0 Å². The van der Waals surface area contributed by atoms with Gasteiger partial charge in [-0.25, -0.2) is 27.9 Å². The summed E-state index contributed by atoms with van der Waals surface area (Å²) < 4.78 is 36.9. The lowest BCUT2D eigenvalue weighted by molar-refractivity contribution is 0.0954. The molecular formula is C23H24FN7O3S. The first-order valence-corrected chi connectivity index (χ1v) is 12.1. The summed E-state index contributed by atoms with van der Waals surface area (Å²) in [5.41, 5.74) is 1.70. The third kappa shape index (κ3) is 6.95. The zero-order chi connectivity index (χ0) is 25.6. The Hall–Kier alpha value is -4.08. The largest absolute Gasteiger partial charge is 0.382 e. The number of nitrogens with two attached hydrogens (primary N) is 1. The smallest absolute Gasteiger partial charge is 0.254 e. The number of sulfonamides is 1. The molecule has 35 heavy (non-hydrogen) atoms. The summed E-state index contributed by atoms with van der Waals surface area (Å²) in [5.74, 6) is -0.910. The van der Waals surface area contributed by atoms with Crippen molar-refractivity contribution in [3.63, 3.8) is 0 Å². The zero-order valence-corrected chi connectivity index (χ0v) is 19.9. The average molecular weight is 498 g/mol. The molecule has 1 amide bonds. The molecule has 2 heterocycles. The number of primary sulfonamides is 1. The molecule has 12 heteroatoms. The molecular weight excluding hydrogens is 473 g/mol. The molecule has 1 aromatic carbocycles. The molecule has 0 saturated carbocycles. The number of hydrogen-bond acceptors (Lipinski definition) is 8. The van der Waals surface area contributed by atoms with E-state index in [1.165, 1.54) is 24.5 Å². The number of nitrogens with one attached hydrogen (secondary N) is 3. The van der Waals surface area contributed by atoms with Crippen molar-refractivity contribution in [1.29, 1.82) is 5.26 Å². The maximum absolute atomic E-state index is 14.2. The Kier molecular flexibility index (Phi) is 7.95. The van der Waals surface area contributed by atoms with E-state index in [9.17, 15) is 17.6 Å². The van der Waals surface area contributed by atoms with E-state index in [1.54, 1.807) is 18.2 Å². The van der Waals surface area contributed by atoms with E-state index in [2.05, 4.69) is 25.9 Å².